The predicted molar refractivity (Wildman–Crippen MR) is 95.9 cm³/mol. The van der Waals surface area contributed by atoms with Gasteiger partial charge in [-0.05, 0) is 50.1 Å². The van der Waals surface area contributed by atoms with Crippen molar-refractivity contribution in [2.24, 2.45) is 5.41 Å². The molecule has 5 nitrogen and oxygen atoms in total. The van der Waals surface area contributed by atoms with E-state index in [1.165, 1.54) is 12.8 Å². The van der Waals surface area contributed by atoms with E-state index in [0.717, 1.165) is 44.8 Å². The Morgan fingerprint density at radius 2 is 2.04 bits per heavy atom. The number of amides is 1. The summed E-state index contributed by atoms with van der Waals surface area (Å²) in [6.45, 7) is 4.79. The van der Waals surface area contributed by atoms with Gasteiger partial charge in [-0.2, -0.15) is 0 Å². The summed E-state index contributed by atoms with van der Waals surface area (Å²) in [5.74, 6) is 0.117. The van der Waals surface area contributed by atoms with E-state index in [2.05, 4.69) is 20.9 Å². The summed E-state index contributed by atoms with van der Waals surface area (Å²) in [5, 5.41) is 0. The first kappa shape index (κ1) is 16.2. The van der Waals surface area contributed by atoms with Crippen molar-refractivity contribution in [2.75, 3.05) is 26.2 Å². The summed E-state index contributed by atoms with van der Waals surface area (Å²) in [7, 11) is 0. The molecule has 0 saturated carbocycles. The first-order valence-corrected chi connectivity index (χ1v) is 9.06. The average molecular weight is 336 g/mol. The van der Waals surface area contributed by atoms with Crippen LogP contribution >= 0.6 is 0 Å². The third kappa shape index (κ3) is 3.56. The molecular weight excluding hydrogens is 312 g/mol. The van der Waals surface area contributed by atoms with Crippen LogP contribution in [-0.4, -0.2) is 51.9 Å². The molecular formula is C20H24N4O. The normalized spacial score (nSPS) is 23.9. The minimum Gasteiger partial charge on any atom is -0.338 e. The highest BCUT2D eigenvalue weighted by Crippen LogP contribution is 2.39. The molecule has 25 heavy (non-hydrogen) atoms. The molecule has 0 radical (unpaired) electrons. The SMILES string of the molecule is O=C(c1cccnc1)N1CC[C@]2(CCCN(Cc3ccccn3)C2)C1. The molecule has 0 unspecified atom stereocenters. The van der Waals surface area contributed by atoms with E-state index in [4.69, 9.17) is 0 Å². The van der Waals surface area contributed by atoms with E-state index < -0.39 is 0 Å². The van der Waals surface area contributed by atoms with E-state index in [0.29, 0.717) is 5.56 Å². The number of hydrogen-bond acceptors (Lipinski definition) is 4. The van der Waals surface area contributed by atoms with Crippen LogP contribution in [0.2, 0.25) is 0 Å². The number of carbonyl (C=O) groups is 1. The summed E-state index contributed by atoms with van der Waals surface area (Å²) < 4.78 is 0. The van der Waals surface area contributed by atoms with Crippen molar-refractivity contribution in [1.82, 2.24) is 19.8 Å². The molecule has 0 N–H and O–H groups in total. The number of likely N-dealkylation sites (tertiary alicyclic amines) is 2. The summed E-state index contributed by atoms with van der Waals surface area (Å²) in [6.07, 6.45) is 8.74. The van der Waals surface area contributed by atoms with Gasteiger partial charge in [-0.25, -0.2) is 0 Å². The lowest BCUT2D eigenvalue weighted by Gasteiger charge is -2.40. The topological polar surface area (TPSA) is 49.3 Å². The highest BCUT2D eigenvalue weighted by Gasteiger charge is 2.42. The zero-order chi connectivity index (χ0) is 17.1. The molecule has 130 valence electrons. The van der Waals surface area contributed by atoms with Gasteiger partial charge in [-0.3, -0.25) is 19.7 Å². The summed E-state index contributed by atoms with van der Waals surface area (Å²) >= 11 is 0. The van der Waals surface area contributed by atoms with Crippen LogP contribution in [0.5, 0.6) is 0 Å². The Hall–Kier alpha value is -2.27. The molecule has 1 amide bonds. The van der Waals surface area contributed by atoms with Crippen LogP contribution < -0.4 is 0 Å². The second-order valence-corrected chi connectivity index (χ2v) is 7.35. The third-order valence-corrected chi connectivity index (χ3v) is 5.49. The Kier molecular flexibility index (Phi) is 4.49. The summed E-state index contributed by atoms with van der Waals surface area (Å²) in [6, 6.07) is 9.78. The largest absolute Gasteiger partial charge is 0.338 e. The van der Waals surface area contributed by atoms with E-state index in [1.807, 2.05) is 35.4 Å². The predicted octanol–water partition coefficient (Wildman–Crippen LogP) is 2.60. The second kappa shape index (κ2) is 6.92. The van der Waals surface area contributed by atoms with Crippen LogP contribution in [0.4, 0.5) is 0 Å². The van der Waals surface area contributed by atoms with Crippen molar-refractivity contribution < 1.29 is 4.79 Å². The van der Waals surface area contributed by atoms with E-state index in [-0.39, 0.29) is 11.3 Å². The maximum absolute atomic E-state index is 12.7. The lowest BCUT2D eigenvalue weighted by Crippen LogP contribution is -2.45. The first-order valence-electron chi connectivity index (χ1n) is 9.06. The van der Waals surface area contributed by atoms with Crippen LogP contribution in [0, 0.1) is 5.41 Å². The smallest absolute Gasteiger partial charge is 0.255 e. The minimum absolute atomic E-state index is 0.117. The molecule has 4 heterocycles. The van der Waals surface area contributed by atoms with E-state index >= 15 is 0 Å². The molecule has 2 aliphatic heterocycles. The van der Waals surface area contributed by atoms with Crippen LogP contribution in [0.25, 0.3) is 0 Å². The van der Waals surface area contributed by atoms with Gasteiger partial charge in [0.25, 0.3) is 5.91 Å². The summed E-state index contributed by atoms with van der Waals surface area (Å²) in [5.41, 5.74) is 2.06. The second-order valence-electron chi connectivity index (χ2n) is 7.35. The van der Waals surface area contributed by atoms with Gasteiger partial charge in [0.05, 0.1) is 11.3 Å². The van der Waals surface area contributed by atoms with Gasteiger partial charge < -0.3 is 4.90 Å². The Labute approximate surface area is 148 Å². The van der Waals surface area contributed by atoms with Crippen molar-refractivity contribution >= 4 is 5.91 Å². The van der Waals surface area contributed by atoms with Crippen molar-refractivity contribution in [3.8, 4) is 0 Å². The Bertz CT molecular complexity index is 721. The molecule has 2 aliphatic rings. The average Bonchev–Trinajstić information content (AvgIpc) is 3.06. The van der Waals surface area contributed by atoms with Crippen molar-refractivity contribution in [3.63, 3.8) is 0 Å². The number of aromatic nitrogens is 2. The highest BCUT2D eigenvalue weighted by molar-refractivity contribution is 5.94. The monoisotopic (exact) mass is 336 g/mol. The number of carbonyl (C=O) groups excluding carboxylic acids is 1. The molecule has 4 rings (SSSR count). The maximum atomic E-state index is 12.7. The van der Waals surface area contributed by atoms with E-state index in [9.17, 15) is 4.79 Å². The van der Waals surface area contributed by atoms with Crippen molar-refractivity contribution in [2.45, 2.75) is 25.8 Å². The van der Waals surface area contributed by atoms with Gasteiger partial charge in [0, 0.05) is 50.2 Å². The van der Waals surface area contributed by atoms with Gasteiger partial charge in [0.1, 0.15) is 0 Å². The zero-order valence-electron chi connectivity index (χ0n) is 14.5. The maximum Gasteiger partial charge on any atom is 0.255 e. The van der Waals surface area contributed by atoms with Crippen molar-refractivity contribution in [3.05, 3.63) is 60.2 Å². The molecule has 2 aromatic heterocycles. The number of nitrogens with zero attached hydrogens (tertiary/aromatic N) is 4. The van der Waals surface area contributed by atoms with Gasteiger partial charge in [-0.15, -0.1) is 0 Å². The van der Waals surface area contributed by atoms with Crippen molar-refractivity contribution in [1.29, 1.82) is 0 Å². The lowest BCUT2D eigenvalue weighted by molar-refractivity contribution is 0.0672. The molecule has 1 atom stereocenters. The third-order valence-electron chi connectivity index (χ3n) is 5.49. The molecule has 0 aliphatic carbocycles. The van der Waals surface area contributed by atoms with Gasteiger partial charge in [0.2, 0.25) is 0 Å². The standard InChI is InChI=1S/C20H24N4O/c25-19(17-5-3-9-21-13-17)24-12-8-20(16-24)7-4-11-23(15-20)14-18-6-1-2-10-22-18/h1-3,5-6,9-10,13H,4,7-8,11-12,14-16H2/t20-/m0/s1. The number of pyridine rings is 2. The molecule has 2 saturated heterocycles. The number of rotatable bonds is 3. The Morgan fingerprint density at radius 1 is 1.08 bits per heavy atom. The van der Waals surface area contributed by atoms with Crippen LogP contribution in [-0.2, 0) is 6.54 Å². The van der Waals surface area contributed by atoms with Crippen LogP contribution in [0.1, 0.15) is 35.3 Å². The molecule has 2 aromatic rings. The van der Waals surface area contributed by atoms with Gasteiger partial charge in [-0.1, -0.05) is 6.07 Å². The fourth-order valence-electron chi connectivity index (χ4n) is 4.28. The fraction of sp³-hybridized carbons (Fsp3) is 0.450. The lowest BCUT2D eigenvalue weighted by atomic mass is 9.79. The highest BCUT2D eigenvalue weighted by atomic mass is 16.2. The molecule has 0 bridgehead atoms. The minimum atomic E-state index is 0.117. The molecule has 0 aromatic carbocycles. The number of hydrogen-bond donors (Lipinski definition) is 0. The van der Waals surface area contributed by atoms with Crippen LogP contribution in [0.15, 0.2) is 48.9 Å². The van der Waals surface area contributed by atoms with Gasteiger partial charge >= 0.3 is 0 Å². The van der Waals surface area contributed by atoms with Gasteiger partial charge in [0.15, 0.2) is 0 Å². The summed E-state index contributed by atoms with van der Waals surface area (Å²) in [4.78, 5) is 25.8. The molecule has 5 heteroatoms. The molecule has 1 spiro atoms. The fourth-order valence-corrected chi connectivity index (χ4v) is 4.28. The quantitative estimate of drug-likeness (QED) is 0.864. The first-order chi connectivity index (χ1) is 12.2. The van der Waals surface area contributed by atoms with Crippen LogP contribution in [0.3, 0.4) is 0 Å². The zero-order valence-corrected chi connectivity index (χ0v) is 14.5. The van der Waals surface area contributed by atoms with E-state index in [1.54, 1.807) is 12.4 Å². The Balaban J connectivity index is 1.41. The molecule has 2 fully saturated rings. The Morgan fingerprint density at radius 3 is 2.84 bits per heavy atom. The number of piperidine rings is 1.